The summed E-state index contributed by atoms with van der Waals surface area (Å²) in [4.78, 5) is 26.4. The Hall–Kier alpha value is -2.30. The van der Waals surface area contributed by atoms with Crippen LogP contribution in [0.2, 0.25) is 0 Å². The van der Waals surface area contributed by atoms with Crippen molar-refractivity contribution in [3.8, 4) is 0 Å². The summed E-state index contributed by atoms with van der Waals surface area (Å²) in [6.45, 7) is 1.92. The third-order valence-corrected chi connectivity index (χ3v) is 5.69. The van der Waals surface area contributed by atoms with Crippen molar-refractivity contribution in [2.75, 3.05) is 26.2 Å². The molecule has 2 aliphatic rings. The summed E-state index contributed by atoms with van der Waals surface area (Å²) >= 11 is 0. The molecule has 0 spiro atoms. The monoisotopic (exact) mass is 451 g/mol. The molecule has 2 aliphatic heterocycles. The zero-order chi connectivity index (χ0) is 22.8. The minimum absolute atomic E-state index is 0.0112. The number of likely N-dealkylation sites (tertiary alicyclic amines) is 1. The van der Waals surface area contributed by atoms with E-state index in [2.05, 4.69) is 10.6 Å². The molecule has 2 amide bonds. The van der Waals surface area contributed by atoms with Crippen LogP contribution >= 0.6 is 0 Å². The van der Waals surface area contributed by atoms with Gasteiger partial charge in [-0.3, -0.25) is 9.59 Å². The highest BCUT2D eigenvalue weighted by molar-refractivity contribution is 5.94. The standard InChI is InChI=1S/C20H23F6N3O2/c21-19(22,23)14-8-13(9-15(10-14)20(24,25)26)17(30)28-11-12-3-6-29(7-4-12)18(31)16-2-1-5-27-16/h8-10,12,16,27H,1-7,11H2,(H,28,30)/t16-/m1/s1. The van der Waals surface area contributed by atoms with Crippen molar-refractivity contribution in [1.82, 2.24) is 15.5 Å². The lowest BCUT2D eigenvalue weighted by Crippen LogP contribution is -2.48. The first-order valence-electron chi connectivity index (χ1n) is 10.0. The number of alkyl halides is 6. The van der Waals surface area contributed by atoms with Crippen molar-refractivity contribution in [2.24, 2.45) is 5.92 Å². The number of piperidine rings is 1. The molecule has 2 fully saturated rings. The maximum absolute atomic E-state index is 13.0. The van der Waals surface area contributed by atoms with Crippen LogP contribution in [0.3, 0.4) is 0 Å². The summed E-state index contributed by atoms with van der Waals surface area (Å²) in [5.74, 6) is -0.966. The van der Waals surface area contributed by atoms with Crippen LogP contribution in [0.25, 0.3) is 0 Å². The Balaban J connectivity index is 1.58. The topological polar surface area (TPSA) is 61.4 Å². The molecule has 1 atom stereocenters. The SMILES string of the molecule is O=C(NCC1CCN(C(=O)[C@H]2CCCN2)CC1)c1cc(C(F)(F)F)cc(C(F)(F)F)c1. The zero-order valence-electron chi connectivity index (χ0n) is 16.6. The van der Waals surface area contributed by atoms with Gasteiger partial charge in [-0.2, -0.15) is 26.3 Å². The number of nitrogens with zero attached hydrogens (tertiary/aromatic N) is 1. The lowest BCUT2D eigenvalue weighted by Gasteiger charge is -2.33. The number of hydrogen-bond acceptors (Lipinski definition) is 3. The Morgan fingerprint density at radius 3 is 2.03 bits per heavy atom. The molecule has 3 rings (SSSR count). The van der Waals surface area contributed by atoms with Crippen molar-refractivity contribution in [2.45, 2.75) is 44.1 Å². The predicted octanol–water partition coefficient (Wildman–Crippen LogP) is 3.44. The first-order chi connectivity index (χ1) is 14.4. The van der Waals surface area contributed by atoms with Gasteiger partial charge in [0, 0.05) is 25.2 Å². The van der Waals surface area contributed by atoms with Gasteiger partial charge in [0.1, 0.15) is 0 Å². The third kappa shape index (κ3) is 5.90. The van der Waals surface area contributed by atoms with E-state index in [0.29, 0.717) is 38.1 Å². The van der Waals surface area contributed by atoms with Gasteiger partial charge in [-0.05, 0) is 56.3 Å². The first-order valence-corrected chi connectivity index (χ1v) is 10.0. The van der Waals surface area contributed by atoms with E-state index in [1.54, 1.807) is 4.90 Å². The van der Waals surface area contributed by atoms with Crippen molar-refractivity contribution < 1.29 is 35.9 Å². The summed E-state index contributed by atoms with van der Waals surface area (Å²) in [6.07, 6.45) is -7.09. The highest BCUT2D eigenvalue weighted by Gasteiger charge is 2.37. The number of carbonyl (C=O) groups is 2. The highest BCUT2D eigenvalue weighted by Crippen LogP contribution is 2.36. The smallest absolute Gasteiger partial charge is 0.352 e. The summed E-state index contributed by atoms with van der Waals surface area (Å²) in [5, 5.41) is 5.58. The lowest BCUT2D eigenvalue weighted by molar-refractivity contribution is -0.143. The minimum atomic E-state index is -5.01. The molecule has 0 aliphatic carbocycles. The van der Waals surface area contributed by atoms with E-state index >= 15 is 0 Å². The molecule has 11 heteroatoms. The molecule has 172 valence electrons. The molecule has 5 nitrogen and oxygen atoms in total. The van der Waals surface area contributed by atoms with Crippen molar-refractivity contribution in [3.05, 3.63) is 34.9 Å². The van der Waals surface area contributed by atoms with Gasteiger partial charge in [0.05, 0.1) is 17.2 Å². The number of rotatable bonds is 4. The molecule has 1 aromatic rings. The zero-order valence-corrected chi connectivity index (χ0v) is 16.6. The quantitative estimate of drug-likeness (QED) is 0.690. The van der Waals surface area contributed by atoms with Crippen LogP contribution in [0, 0.1) is 5.92 Å². The van der Waals surface area contributed by atoms with Crippen LogP contribution in [0.5, 0.6) is 0 Å². The van der Waals surface area contributed by atoms with Crippen LogP contribution in [0.1, 0.15) is 47.2 Å². The van der Waals surface area contributed by atoms with Crippen molar-refractivity contribution in [3.63, 3.8) is 0 Å². The molecule has 0 bridgehead atoms. The van der Waals surface area contributed by atoms with Crippen LogP contribution in [-0.2, 0) is 17.1 Å². The van der Waals surface area contributed by atoms with E-state index < -0.39 is 35.0 Å². The van der Waals surface area contributed by atoms with Crippen LogP contribution in [0.15, 0.2) is 18.2 Å². The molecule has 2 N–H and O–H groups in total. The van der Waals surface area contributed by atoms with Crippen LogP contribution in [0.4, 0.5) is 26.3 Å². The van der Waals surface area contributed by atoms with E-state index in [0.717, 1.165) is 19.4 Å². The minimum Gasteiger partial charge on any atom is -0.352 e. The average Bonchev–Trinajstić information content (AvgIpc) is 3.25. The fourth-order valence-corrected chi connectivity index (χ4v) is 3.90. The van der Waals surface area contributed by atoms with Gasteiger partial charge in [-0.1, -0.05) is 0 Å². The maximum Gasteiger partial charge on any atom is 0.416 e. The van der Waals surface area contributed by atoms with Gasteiger partial charge < -0.3 is 15.5 Å². The normalized spacial score (nSPS) is 20.7. The largest absolute Gasteiger partial charge is 0.416 e. The van der Waals surface area contributed by atoms with E-state index in [-0.39, 0.29) is 30.5 Å². The Labute approximate surface area is 175 Å². The first kappa shape index (κ1) is 23.4. The fraction of sp³-hybridized carbons (Fsp3) is 0.600. The second-order valence-corrected chi connectivity index (χ2v) is 7.92. The number of amides is 2. The molecular weight excluding hydrogens is 428 g/mol. The second kappa shape index (κ2) is 9.05. The Morgan fingerprint density at radius 2 is 1.55 bits per heavy atom. The molecule has 0 radical (unpaired) electrons. The Morgan fingerprint density at radius 1 is 0.968 bits per heavy atom. The predicted molar refractivity (Wildman–Crippen MR) is 99.1 cm³/mol. The van der Waals surface area contributed by atoms with E-state index in [9.17, 15) is 35.9 Å². The molecule has 1 aromatic carbocycles. The number of halogens is 6. The highest BCUT2D eigenvalue weighted by atomic mass is 19.4. The Kier molecular flexibility index (Phi) is 6.82. The third-order valence-electron chi connectivity index (χ3n) is 5.69. The van der Waals surface area contributed by atoms with E-state index in [1.807, 2.05) is 0 Å². The summed E-state index contributed by atoms with van der Waals surface area (Å²) in [7, 11) is 0. The van der Waals surface area contributed by atoms with Gasteiger partial charge in [0.25, 0.3) is 5.91 Å². The number of carbonyl (C=O) groups excluding carboxylic acids is 2. The summed E-state index contributed by atoms with van der Waals surface area (Å²) in [6, 6.07) is 0.656. The van der Waals surface area contributed by atoms with Crippen molar-refractivity contribution >= 4 is 11.8 Å². The number of hydrogen-bond donors (Lipinski definition) is 2. The summed E-state index contributed by atoms with van der Waals surface area (Å²) < 4.78 is 77.7. The molecule has 31 heavy (non-hydrogen) atoms. The van der Waals surface area contributed by atoms with E-state index in [4.69, 9.17) is 0 Å². The van der Waals surface area contributed by atoms with Crippen LogP contribution in [-0.4, -0.2) is 48.9 Å². The average molecular weight is 451 g/mol. The molecule has 0 unspecified atom stereocenters. The van der Waals surface area contributed by atoms with Crippen molar-refractivity contribution in [1.29, 1.82) is 0 Å². The molecule has 2 heterocycles. The van der Waals surface area contributed by atoms with Gasteiger partial charge in [-0.15, -0.1) is 0 Å². The van der Waals surface area contributed by atoms with Gasteiger partial charge in [0.15, 0.2) is 0 Å². The second-order valence-electron chi connectivity index (χ2n) is 7.92. The molecule has 0 aromatic heterocycles. The molecule has 2 saturated heterocycles. The summed E-state index contributed by atoms with van der Waals surface area (Å²) in [5.41, 5.74) is -3.75. The molecular formula is C20H23F6N3O2. The van der Waals surface area contributed by atoms with Gasteiger partial charge in [-0.25, -0.2) is 0 Å². The lowest BCUT2D eigenvalue weighted by atomic mass is 9.96. The van der Waals surface area contributed by atoms with Crippen LogP contribution < -0.4 is 10.6 Å². The van der Waals surface area contributed by atoms with Gasteiger partial charge in [0.2, 0.25) is 5.91 Å². The van der Waals surface area contributed by atoms with E-state index in [1.165, 1.54) is 0 Å². The van der Waals surface area contributed by atoms with Gasteiger partial charge >= 0.3 is 12.4 Å². The fourth-order valence-electron chi connectivity index (χ4n) is 3.90. The Bertz CT molecular complexity index is 778. The maximum atomic E-state index is 13.0. The number of nitrogens with one attached hydrogen (secondary N) is 2. The molecule has 0 saturated carbocycles. The number of benzene rings is 1.